The maximum absolute atomic E-state index is 10.6. The van der Waals surface area contributed by atoms with Gasteiger partial charge in [-0.3, -0.25) is 10.3 Å². The fraction of sp³-hybridized carbons (Fsp3) is 0.429. The minimum absolute atomic E-state index is 0.00331. The van der Waals surface area contributed by atoms with Gasteiger partial charge in [0.2, 0.25) is 0 Å². The average Bonchev–Trinajstić information content (AvgIpc) is 3.19. The summed E-state index contributed by atoms with van der Waals surface area (Å²) in [6.07, 6.45) is 0. The van der Waals surface area contributed by atoms with Crippen molar-refractivity contribution in [1.82, 2.24) is 15.8 Å². The lowest BCUT2D eigenvalue weighted by Crippen LogP contribution is -2.38. The number of aromatic hydroxyl groups is 1. The van der Waals surface area contributed by atoms with Crippen LogP contribution in [0, 0.1) is 0 Å². The van der Waals surface area contributed by atoms with Crippen LogP contribution in [-0.4, -0.2) is 56.0 Å². The average molecular weight is 448 g/mol. The van der Waals surface area contributed by atoms with Gasteiger partial charge in [-0.05, 0) is 23.8 Å². The number of phenols is 1. The molecule has 0 radical (unpaired) electrons. The molecule has 3 N–H and O–H groups in total. The van der Waals surface area contributed by atoms with Crippen molar-refractivity contribution in [2.24, 2.45) is 0 Å². The molecule has 2 fully saturated rings. The topological polar surface area (TPSA) is 66.0 Å². The van der Waals surface area contributed by atoms with Gasteiger partial charge < -0.3 is 14.6 Å². The van der Waals surface area contributed by atoms with Gasteiger partial charge in [0, 0.05) is 48.2 Å². The molecular formula is C21H26BrN3O3. The maximum atomic E-state index is 10.6. The number of morpholine rings is 1. The zero-order chi connectivity index (χ0) is 19.3. The van der Waals surface area contributed by atoms with Crippen LogP contribution in [-0.2, 0) is 4.74 Å². The Morgan fingerprint density at radius 3 is 2.68 bits per heavy atom. The number of nitrogens with one attached hydrogen (secondary N) is 2. The molecule has 0 amide bonds. The van der Waals surface area contributed by atoms with E-state index in [1.54, 1.807) is 6.07 Å². The van der Waals surface area contributed by atoms with E-state index in [0.717, 1.165) is 49.4 Å². The summed E-state index contributed by atoms with van der Waals surface area (Å²) in [5.74, 6) is 1.19. The van der Waals surface area contributed by atoms with Crippen LogP contribution in [0.1, 0.15) is 23.1 Å². The molecule has 4 rings (SSSR count). The van der Waals surface area contributed by atoms with Gasteiger partial charge in [-0.15, -0.1) is 0 Å². The van der Waals surface area contributed by atoms with E-state index in [9.17, 15) is 5.11 Å². The smallest absolute Gasteiger partial charge is 0.124 e. The van der Waals surface area contributed by atoms with Crippen molar-refractivity contribution >= 4 is 15.9 Å². The van der Waals surface area contributed by atoms with Crippen molar-refractivity contribution < 1.29 is 14.6 Å². The van der Waals surface area contributed by atoms with Crippen LogP contribution >= 0.6 is 15.9 Å². The molecule has 2 saturated heterocycles. The Morgan fingerprint density at radius 1 is 1.14 bits per heavy atom. The third-order valence-electron chi connectivity index (χ3n) is 5.40. The number of rotatable bonds is 6. The number of halogens is 1. The summed E-state index contributed by atoms with van der Waals surface area (Å²) >= 11 is 3.49. The van der Waals surface area contributed by atoms with Crippen molar-refractivity contribution in [1.29, 1.82) is 0 Å². The van der Waals surface area contributed by atoms with Crippen molar-refractivity contribution in [3.8, 4) is 11.5 Å². The minimum Gasteiger partial charge on any atom is -0.507 e. The first-order valence-corrected chi connectivity index (χ1v) is 10.5. The van der Waals surface area contributed by atoms with Crippen molar-refractivity contribution in [2.45, 2.75) is 12.0 Å². The lowest BCUT2D eigenvalue weighted by molar-refractivity contribution is 0.0322. The van der Waals surface area contributed by atoms with E-state index in [2.05, 4.69) is 55.9 Å². The van der Waals surface area contributed by atoms with Crippen LogP contribution in [0.5, 0.6) is 11.5 Å². The third kappa shape index (κ3) is 4.67. The number of phenolic OH excluding ortho intramolecular Hbond substituents is 1. The quantitative estimate of drug-likeness (QED) is 0.632. The molecule has 2 aromatic carbocycles. The van der Waals surface area contributed by atoms with Crippen molar-refractivity contribution in [2.75, 3.05) is 46.0 Å². The van der Waals surface area contributed by atoms with E-state index in [-0.39, 0.29) is 17.7 Å². The summed E-state index contributed by atoms with van der Waals surface area (Å²) < 4.78 is 12.3. The zero-order valence-electron chi connectivity index (χ0n) is 15.7. The van der Waals surface area contributed by atoms with E-state index < -0.39 is 0 Å². The molecule has 2 aliphatic heterocycles. The molecule has 7 heteroatoms. The molecular weight excluding hydrogens is 422 g/mol. The zero-order valence-corrected chi connectivity index (χ0v) is 17.3. The molecule has 2 heterocycles. The summed E-state index contributed by atoms with van der Waals surface area (Å²) in [6.45, 7) is 5.75. The molecule has 0 aliphatic carbocycles. The van der Waals surface area contributed by atoms with Crippen LogP contribution in [0.4, 0.5) is 0 Å². The lowest BCUT2D eigenvalue weighted by atomic mass is 9.88. The number of nitrogens with zero attached hydrogens (tertiary/aromatic N) is 1. The van der Waals surface area contributed by atoms with Crippen LogP contribution in [0.25, 0.3) is 0 Å². The monoisotopic (exact) mass is 447 g/mol. The highest BCUT2D eigenvalue weighted by Crippen LogP contribution is 2.38. The van der Waals surface area contributed by atoms with Crippen molar-refractivity contribution in [3.05, 3.63) is 58.1 Å². The molecule has 6 nitrogen and oxygen atoms in total. The Labute approximate surface area is 173 Å². The highest BCUT2D eigenvalue weighted by molar-refractivity contribution is 9.10. The second kappa shape index (κ2) is 9.24. The predicted molar refractivity (Wildman–Crippen MR) is 112 cm³/mol. The Morgan fingerprint density at radius 2 is 1.93 bits per heavy atom. The Hall–Kier alpha value is -1.64. The number of benzene rings is 2. The van der Waals surface area contributed by atoms with E-state index in [4.69, 9.17) is 9.47 Å². The summed E-state index contributed by atoms with van der Waals surface area (Å²) in [4.78, 5) is 2.33. The molecule has 150 valence electrons. The normalized spacial score (nSPS) is 23.0. The molecule has 2 unspecified atom stereocenters. The number of hydrazine groups is 1. The second-order valence-electron chi connectivity index (χ2n) is 7.18. The lowest BCUT2D eigenvalue weighted by Gasteiger charge is -2.26. The van der Waals surface area contributed by atoms with Crippen LogP contribution in [0.15, 0.2) is 46.9 Å². The first-order valence-electron chi connectivity index (χ1n) is 9.70. The molecule has 2 atom stereocenters. The van der Waals surface area contributed by atoms with Gasteiger partial charge in [0.1, 0.15) is 18.1 Å². The number of hydrogen-bond acceptors (Lipinski definition) is 6. The van der Waals surface area contributed by atoms with Gasteiger partial charge in [-0.1, -0.05) is 34.1 Å². The molecule has 0 aromatic heterocycles. The molecule has 0 bridgehead atoms. The molecule has 0 saturated carbocycles. The van der Waals surface area contributed by atoms with Gasteiger partial charge in [-0.25, -0.2) is 5.43 Å². The van der Waals surface area contributed by atoms with Gasteiger partial charge >= 0.3 is 0 Å². The van der Waals surface area contributed by atoms with E-state index in [0.29, 0.717) is 12.4 Å². The summed E-state index contributed by atoms with van der Waals surface area (Å²) in [6, 6.07) is 14.0. The summed E-state index contributed by atoms with van der Waals surface area (Å²) in [7, 11) is 0. The molecule has 2 aliphatic rings. The van der Waals surface area contributed by atoms with Crippen LogP contribution in [0.3, 0.4) is 0 Å². The van der Waals surface area contributed by atoms with E-state index in [1.165, 1.54) is 5.56 Å². The largest absolute Gasteiger partial charge is 0.507 e. The van der Waals surface area contributed by atoms with Gasteiger partial charge in [-0.2, -0.15) is 0 Å². The van der Waals surface area contributed by atoms with E-state index >= 15 is 0 Å². The minimum atomic E-state index is 0.00331. The maximum Gasteiger partial charge on any atom is 0.124 e. The van der Waals surface area contributed by atoms with Crippen LogP contribution in [0.2, 0.25) is 0 Å². The Balaban J connectivity index is 1.39. The molecule has 0 spiro atoms. The highest BCUT2D eigenvalue weighted by atomic mass is 79.9. The summed E-state index contributed by atoms with van der Waals surface area (Å²) in [5, 5.41) is 10.6. The Kier molecular flexibility index (Phi) is 6.49. The Bertz CT molecular complexity index is 781. The molecule has 28 heavy (non-hydrogen) atoms. The summed E-state index contributed by atoms with van der Waals surface area (Å²) in [5.41, 5.74) is 8.63. The first-order chi connectivity index (χ1) is 13.7. The molecule has 2 aromatic rings. The van der Waals surface area contributed by atoms with E-state index in [1.807, 2.05) is 12.1 Å². The van der Waals surface area contributed by atoms with Gasteiger partial charge in [0.25, 0.3) is 0 Å². The van der Waals surface area contributed by atoms with Crippen molar-refractivity contribution in [3.63, 3.8) is 0 Å². The van der Waals surface area contributed by atoms with Gasteiger partial charge in [0.15, 0.2) is 0 Å². The third-order valence-corrected chi connectivity index (χ3v) is 5.93. The second-order valence-corrected chi connectivity index (χ2v) is 8.10. The fourth-order valence-corrected chi connectivity index (χ4v) is 4.07. The number of ether oxygens (including phenoxy) is 2. The predicted octanol–water partition coefficient (Wildman–Crippen LogP) is 2.80. The SMILES string of the molecule is Oc1cc(OCCN2CCOCC2)ccc1C1NNCC1c1ccc(Br)cc1. The highest BCUT2D eigenvalue weighted by Gasteiger charge is 2.31. The number of hydrogen-bond donors (Lipinski definition) is 3. The standard InChI is InChI=1S/C21H26BrN3O3/c22-16-3-1-15(2-4-16)19-14-23-24-21(19)18-6-5-17(13-20(18)26)28-12-9-25-7-10-27-11-8-25/h1-6,13,19,21,23-24,26H,7-12,14H2. The first kappa shape index (κ1) is 19.7. The van der Waals surface area contributed by atoms with Crippen LogP contribution < -0.4 is 15.6 Å². The fourth-order valence-electron chi connectivity index (χ4n) is 3.81. The van der Waals surface area contributed by atoms with Gasteiger partial charge in [0.05, 0.1) is 19.3 Å².